The summed E-state index contributed by atoms with van der Waals surface area (Å²) in [7, 11) is 0. The highest BCUT2D eigenvalue weighted by Gasteiger charge is 2.60. The molecule has 0 saturated carbocycles. The largest absolute Gasteiger partial charge is 0.393 e. The van der Waals surface area contributed by atoms with Gasteiger partial charge in [-0.1, -0.05) is 0 Å². The molecule has 0 aromatic rings. The number of piperidine rings is 1. The normalized spacial score (nSPS) is 28.3. The first-order valence-electron chi connectivity index (χ1n) is 7.97. The van der Waals surface area contributed by atoms with Gasteiger partial charge in [-0.05, 0) is 33.1 Å². The van der Waals surface area contributed by atoms with Crippen molar-refractivity contribution in [3.63, 3.8) is 0 Å². The number of amides is 3. The summed E-state index contributed by atoms with van der Waals surface area (Å²) in [5, 5.41) is 19.1. The molecule has 2 heterocycles. The molecule has 0 aliphatic carbocycles. The molecule has 2 fully saturated rings. The Morgan fingerprint density at radius 2 is 1.96 bits per heavy atom. The number of aliphatic hydroxyl groups is 2. The van der Waals surface area contributed by atoms with Crippen molar-refractivity contribution >= 4 is 17.7 Å². The van der Waals surface area contributed by atoms with Gasteiger partial charge in [0.2, 0.25) is 11.8 Å². The summed E-state index contributed by atoms with van der Waals surface area (Å²) in [6.07, 6.45) is 0.260. The predicted octanol–water partition coefficient (Wildman–Crippen LogP) is -1.41. The summed E-state index contributed by atoms with van der Waals surface area (Å²) >= 11 is 0. The summed E-state index contributed by atoms with van der Waals surface area (Å²) in [5.41, 5.74) is 4.33. The van der Waals surface area contributed by atoms with E-state index in [0.29, 0.717) is 13.0 Å². The van der Waals surface area contributed by atoms with E-state index in [0.717, 1.165) is 12.8 Å². The molecule has 0 bridgehead atoms. The highest BCUT2D eigenvalue weighted by Crippen LogP contribution is 2.39. The van der Waals surface area contributed by atoms with E-state index in [1.165, 1.54) is 23.6 Å². The van der Waals surface area contributed by atoms with Crippen molar-refractivity contribution in [3.8, 4) is 0 Å². The van der Waals surface area contributed by atoms with Crippen LogP contribution in [-0.4, -0.2) is 74.6 Å². The average molecular weight is 327 g/mol. The number of nitrogens with zero attached hydrogens (tertiary/aromatic N) is 2. The molecule has 2 rings (SSSR count). The molecule has 2 aliphatic rings. The van der Waals surface area contributed by atoms with Crippen molar-refractivity contribution in [1.29, 1.82) is 0 Å². The number of β-lactam (4-membered cyclic amide) rings is 1. The lowest BCUT2D eigenvalue weighted by molar-refractivity contribution is -0.184. The number of likely N-dealkylation sites (tertiary alicyclic amines) is 2. The van der Waals surface area contributed by atoms with Crippen LogP contribution in [0.3, 0.4) is 0 Å². The fourth-order valence-corrected chi connectivity index (χ4v) is 3.62. The van der Waals surface area contributed by atoms with Crippen molar-refractivity contribution in [1.82, 2.24) is 9.80 Å². The van der Waals surface area contributed by atoms with Crippen LogP contribution in [0, 0.1) is 0 Å². The van der Waals surface area contributed by atoms with Gasteiger partial charge in [0.15, 0.2) is 0 Å². The van der Waals surface area contributed by atoms with Gasteiger partial charge in [-0.3, -0.25) is 14.4 Å². The lowest BCUT2D eigenvalue weighted by atomic mass is 9.77. The molecule has 8 heteroatoms. The Labute approximate surface area is 135 Å². The average Bonchev–Trinajstić information content (AvgIpc) is 2.45. The molecule has 4 atom stereocenters. The SMILES string of the molecule is C[C@@H](O)CC(=O)N1CCCCC12CN([C@H](C(N)=O)[C@@H](C)O)C2=O. The van der Waals surface area contributed by atoms with Gasteiger partial charge in [-0.15, -0.1) is 0 Å². The van der Waals surface area contributed by atoms with Crippen LogP contribution in [0.2, 0.25) is 0 Å². The second kappa shape index (κ2) is 6.45. The van der Waals surface area contributed by atoms with Crippen LogP contribution in [0.4, 0.5) is 0 Å². The van der Waals surface area contributed by atoms with E-state index in [-0.39, 0.29) is 24.8 Å². The number of aliphatic hydroxyl groups excluding tert-OH is 2. The Morgan fingerprint density at radius 3 is 2.43 bits per heavy atom. The zero-order valence-corrected chi connectivity index (χ0v) is 13.6. The second-order valence-electron chi connectivity index (χ2n) is 6.61. The van der Waals surface area contributed by atoms with Gasteiger partial charge < -0.3 is 25.7 Å². The standard InChI is InChI=1S/C15H25N3O5/c1-9(19)7-11(21)18-6-4-3-5-15(18)8-17(14(15)23)12(10(2)20)13(16)22/h9-10,12,19-20H,3-8H2,1-2H3,(H2,16,22)/t9-,10-,12+,15?/m1/s1. The van der Waals surface area contributed by atoms with Crippen LogP contribution in [0.25, 0.3) is 0 Å². The monoisotopic (exact) mass is 327 g/mol. The van der Waals surface area contributed by atoms with Gasteiger partial charge in [0, 0.05) is 6.54 Å². The second-order valence-corrected chi connectivity index (χ2v) is 6.61. The van der Waals surface area contributed by atoms with E-state index >= 15 is 0 Å². The molecule has 1 spiro atoms. The number of nitrogens with two attached hydrogens (primary N) is 1. The Bertz CT molecular complexity index is 507. The number of hydrogen-bond donors (Lipinski definition) is 3. The predicted molar refractivity (Wildman–Crippen MR) is 81.0 cm³/mol. The number of carbonyl (C=O) groups excluding carboxylic acids is 3. The van der Waals surface area contributed by atoms with Crippen LogP contribution < -0.4 is 5.73 Å². The van der Waals surface area contributed by atoms with E-state index in [9.17, 15) is 24.6 Å². The third kappa shape index (κ3) is 3.05. The van der Waals surface area contributed by atoms with Crippen LogP contribution in [0.5, 0.6) is 0 Å². The van der Waals surface area contributed by atoms with Crippen LogP contribution in [-0.2, 0) is 14.4 Å². The van der Waals surface area contributed by atoms with Crippen molar-refractivity contribution in [2.24, 2.45) is 5.73 Å². The molecule has 2 aliphatic heterocycles. The summed E-state index contributed by atoms with van der Waals surface area (Å²) in [6, 6.07) is -1.08. The van der Waals surface area contributed by atoms with E-state index < -0.39 is 29.7 Å². The molecule has 3 amide bonds. The quantitative estimate of drug-likeness (QED) is 0.535. The maximum absolute atomic E-state index is 12.7. The first-order valence-corrected chi connectivity index (χ1v) is 7.97. The Kier molecular flexibility index (Phi) is 4.95. The zero-order chi connectivity index (χ0) is 17.4. The molecular formula is C15H25N3O5. The highest BCUT2D eigenvalue weighted by molar-refractivity contribution is 6.00. The third-order valence-electron chi connectivity index (χ3n) is 4.68. The van der Waals surface area contributed by atoms with E-state index in [1.807, 2.05) is 0 Å². The molecule has 1 unspecified atom stereocenters. The molecule has 0 aromatic carbocycles. The summed E-state index contributed by atoms with van der Waals surface area (Å²) in [6.45, 7) is 3.59. The van der Waals surface area contributed by atoms with Gasteiger partial charge in [-0.2, -0.15) is 0 Å². The maximum atomic E-state index is 12.7. The third-order valence-corrected chi connectivity index (χ3v) is 4.68. The summed E-state index contributed by atoms with van der Waals surface area (Å²) < 4.78 is 0. The first kappa shape index (κ1) is 17.7. The lowest BCUT2D eigenvalue weighted by Gasteiger charge is -2.58. The van der Waals surface area contributed by atoms with Gasteiger partial charge in [0.1, 0.15) is 11.6 Å². The van der Waals surface area contributed by atoms with Gasteiger partial charge in [0.25, 0.3) is 5.91 Å². The van der Waals surface area contributed by atoms with Gasteiger partial charge in [-0.25, -0.2) is 0 Å². The molecule has 0 aromatic heterocycles. The topological polar surface area (TPSA) is 124 Å². The Hall–Kier alpha value is -1.67. The smallest absolute Gasteiger partial charge is 0.251 e. The molecule has 2 saturated heterocycles. The maximum Gasteiger partial charge on any atom is 0.251 e. The summed E-state index contributed by atoms with van der Waals surface area (Å²) in [5.74, 6) is -1.37. The molecule has 4 N–H and O–H groups in total. The minimum absolute atomic E-state index is 0.0370. The molecular weight excluding hydrogens is 302 g/mol. The van der Waals surface area contributed by atoms with Gasteiger partial charge in [0.05, 0.1) is 25.2 Å². The zero-order valence-electron chi connectivity index (χ0n) is 13.6. The van der Waals surface area contributed by atoms with E-state index in [2.05, 4.69) is 0 Å². The number of hydrogen-bond acceptors (Lipinski definition) is 5. The molecule has 0 radical (unpaired) electrons. The fraction of sp³-hybridized carbons (Fsp3) is 0.800. The fourth-order valence-electron chi connectivity index (χ4n) is 3.62. The summed E-state index contributed by atoms with van der Waals surface area (Å²) in [4.78, 5) is 39.4. The minimum Gasteiger partial charge on any atom is -0.393 e. The number of carbonyl (C=O) groups is 3. The van der Waals surface area contributed by atoms with Gasteiger partial charge >= 0.3 is 0 Å². The highest BCUT2D eigenvalue weighted by atomic mass is 16.3. The number of rotatable bonds is 5. The molecule has 23 heavy (non-hydrogen) atoms. The van der Waals surface area contributed by atoms with E-state index in [1.54, 1.807) is 0 Å². The van der Waals surface area contributed by atoms with Crippen molar-refractivity contribution in [2.45, 2.75) is 63.3 Å². The Morgan fingerprint density at radius 1 is 1.30 bits per heavy atom. The molecule has 8 nitrogen and oxygen atoms in total. The molecule has 130 valence electrons. The van der Waals surface area contributed by atoms with Crippen molar-refractivity contribution < 1.29 is 24.6 Å². The van der Waals surface area contributed by atoms with Crippen molar-refractivity contribution in [2.75, 3.05) is 13.1 Å². The van der Waals surface area contributed by atoms with Crippen LogP contribution in [0.1, 0.15) is 39.5 Å². The number of primary amides is 1. The minimum atomic E-state index is -1.08. The van der Waals surface area contributed by atoms with Crippen LogP contribution in [0.15, 0.2) is 0 Å². The van der Waals surface area contributed by atoms with E-state index in [4.69, 9.17) is 5.73 Å². The van der Waals surface area contributed by atoms with Crippen molar-refractivity contribution in [3.05, 3.63) is 0 Å². The lowest BCUT2D eigenvalue weighted by Crippen LogP contribution is -2.79. The Balaban J connectivity index is 2.19. The first-order chi connectivity index (χ1) is 10.7. The van der Waals surface area contributed by atoms with Crippen LogP contribution >= 0.6 is 0 Å².